The van der Waals surface area contributed by atoms with Crippen molar-refractivity contribution in [2.75, 3.05) is 9.44 Å². The summed E-state index contributed by atoms with van der Waals surface area (Å²) in [7, 11) is 6.37. The van der Waals surface area contributed by atoms with Crippen molar-refractivity contribution in [3.05, 3.63) is 60.7 Å². The SMILES string of the molecule is CC(C)(C)N1[B]N(c2ccccc2)[B]N(c2ccccc2)[B]1. The Morgan fingerprint density at radius 3 is 1.41 bits per heavy atom. The lowest BCUT2D eigenvalue weighted by molar-refractivity contribution is 0.374. The van der Waals surface area contributed by atoms with Crippen LogP contribution >= 0.6 is 0 Å². The summed E-state index contributed by atoms with van der Waals surface area (Å²) in [5.74, 6) is 0. The van der Waals surface area contributed by atoms with Crippen molar-refractivity contribution in [3.8, 4) is 0 Å². The summed E-state index contributed by atoms with van der Waals surface area (Å²) in [6, 6.07) is 20.8. The second-order valence-corrected chi connectivity index (χ2v) is 6.41. The molecule has 0 atom stereocenters. The van der Waals surface area contributed by atoms with Crippen LogP contribution in [0.2, 0.25) is 0 Å². The van der Waals surface area contributed by atoms with Gasteiger partial charge in [-0.05, 0) is 50.6 Å². The largest absolute Gasteiger partial charge is 0.436 e. The van der Waals surface area contributed by atoms with Gasteiger partial charge in [0.15, 0.2) is 0 Å². The topological polar surface area (TPSA) is 9.72 Å². The Balaban J connectivity index is 1.89. The molecule has 0 aliphatic carbocycles. The van der Waals surface area contributed by atoms with Gasteiger partial charge in [-0.15, -0.1) is 0 Å². The van der Waals surface area contributed by atoms with Gasteiger partial charge in [0.2, 0.25) is 0 Å². The first-order chi connectivity index (χ1) is 10.5. The molecule has 0 aromatic heterocycles. The smallest absolute Gasteiger partial charge is 0.364 e. The first-order valence-corrected chi connectivity index (χ1v) is 7.54. The summed E-state index contributed by atoms with van der Waals surface area (Å²) in [5.41, 5.74) is 2.30. The van der Waals surface area contributed by atoms with Crippen molar-refractivity contribution in [1.82, 2.24) is 4.72 Å². The third-order valence-electron chi connectivity index (χ3n) is 3.63. The van der Waals surface area contributed by atoms with Gasteiger partial charge in [-0.3, -0.25) is 0 Å². The lowest BCUT2D eigenvalue weighted by Crippen LogP contribution is -2.66. The van der Waals surface area contributed by atoms with Crippen LogP contribution in [-0.2, 0) is 0 Å². The molecule has 3 nitrogen and oxygen atoms in total. The number of para-hydroxylation sites is 2. The molecule has 22 heavy (non-hydrogen) atoms. The Kier molecular flexibility index (Phi) is 4.21. The van der Waals surface area contributed by atoms with E-state index in [-0.39, 0.29) is 5.54 Å². The zero-order chi connectivity index (χ0) is 15.6. The van der Waals surface area contributed by atoms with Crippen molar-refractivity contribution in [1.29, 1.82) is 0 Å². The van der Waals surface area contributed by atoms with Gasteiger partial charge < -0.3 is 14.2 Å². The van der Waals surface area contributed by atoms with Crippen molar-refractivity contribution in [2.45, 2.75) is 26.3 Å². The predicted molar refractivity (Wildman–Crippen MR) is 96.7 cm³/mol. The second-order valence-electron chi connectivity index (χ2n) is 6.41. The maximum atomic E-state index is 2.23. The lowest BCUT2D eigenvalue weighted by atomic mass is 9.69. The van der Waals surface area contributed by atoms with E-state index in [4.69, 9.17) is 0 Å². The zero-order valence-corrected chi connectivity index (χ0v) is 13.3. The maximum Gasteiger partial charge on any atom is 0.364 e. The van der Waals surface area contributed by atoms with Gasteiger partial charge in [-0.1, -0.05) is 36.4 Å². The van der Waals surface area contributed by atoms with E-state index in [0.29, 0.717) is 0 Å². The van der Waals surface area contributed by atoms with Gasteiger partial charge >= 0.3 is 22.6 Å². The minimum Gasteiger partial charge on any atom is -0.436 e. The summed E-state index contributed by atoms with van der Waals surface area (Å²) in [5, 5.41) is 0. The monoisotopic (exact) mass is 286 g/mol. The van der Waals surface area contributed by atoms with Gasteiger partial charge in [0.05, 0.1) is 0 Å². The molecule has 1 fully saturated rings. The molecular weight excluding hydrogens is 267 g/mol. The summed E-state index contributed by atoms with van der Waals surface area (Å²) in [6.07, 6.45) is 0. The molecule has 1 heterocycles. The Bertz CT molecular complexity index is 554. The van der Waals surface area contributed by atoms with Crippen molar-refractivity contribution in [2.24, 2.45) is 0 Å². The maximum absolute atomic E-state index is 2.23. The van der Waals surface area contributed by atoms with Crippen molar-refractivity contribution < 1.29 is 0 Å². The molecule has 2 aromatic carbocycles. The normalized spacial score (nSPS) is 15.8. The first-order valence-electron chi connectivity index (χ1n) is 7.54. The summed E-state index contributed by atoms with van der Waals surface area (Å²) in [6.45, 7) is 6.62. The Hall–Kier alpha value is -1.81. The predicted octanol–water partition coefficient (Wildman–Crippen LogP) is 2.72. The average Bonchev–Trinajstić information content (AvgIpc) is 2.55. The number of benzene rings is 2. The number of hydrogen-bond donors (Lipinski definition) is 0. The second kappa shape index (κ2) is 6.13. The van der Waals surface area contributed by atoms with Crippen LogP contribution in [0.3, 0.4) is 0 Å². The van der Waals surface area contributed by atoms with Crippen molar-refractivity contribution in [3.63, 3.8) is 0 Å². The molecule has 1 aliphatic heterocycles. The number of nitrogens with zero attached hydrogens (tertiary/aromatic N) is 3. The molecule has 1 saturated heterocycles. The fourth-order valence-corrected chi connectivity index (χ4v) is 2.30. The lowest BCUT2D eigenvalue weighted by Gasteiger charge is -2.47. The van der Waals surface area contributed by atoms with Crippen LogP contribution in [-0.4, -0.2) is 32.9 Å². The Morgan fingerprint density at radius 1 is 0.636 bits per heavy atom. The summed E-state index contributed by atoms with van der Waals surface area (Å²) in [4.78, 5) is 0. The van der Waals surface area contributed by atoms with E-state index in [1.165, 1.54) is 0 Å². The van der Waals surface area contributed by atoms with Crippen LogP contribution < -0.4 is 9.44 Å². The van der Waals surface area contributed by atoms with Gasteiger partial charge in [0.25, 0.3) is 0 Å². The molecule has 2 aromatic rings. The molecule has 0 bridgehead atoms. The minimum atomic E-state index is 0.00825. The summed E-state index contributed by atoms with van der Waals surface area (Å²) < 4.78 is 6.53. The molecule has 0 N–H and O–H groups in total. The molecule has 0 amide bonds. The Labute approximate surface area is 135 Å². The Morgan fingerprint density at radius 2 is 1.05 bits per heavy atom. The zero-order valence-electron chi connectivity index (χ0n) is 13.3. The molecule has 3 rings (SSSR count). The molecule has 107 valence electrons. The highest BCUT2D eigenvalue weighted by atomic mass is 15.3. The number of rotatable bonds is 2. The molecule has 0 saturated carbocycles. The first kappa shape index (κ1) is 15.1. The number of hydrogen-bond acceptors (Lipinski definition) is 3. The molecule has 0 spiro atoms. The average molecular weight is 286 g/mol. The molecule has 1 aliphatic rings. The van der Waals surface area contributed by atoms with Crippen LogP contribution in [0.15, 0.2) is 60.7 Å². The third kappa shape index (κ3) is 3.33. The molecule has 6 heteroatoms. The fourth-order valence-electron chi connectivity index (χ4n) is 2.30. The van der Waals surface area contributed by atoms with Crippen LogP contribution in [0.4, 0.5) is 11.4 Å². The third-order valence-corrected chi connectivity index (χ3v) is 3.63. The number of anilines is 2. The highest BCUT2D eigenvalue weighted by molar-refractivity contribution is 6.80. The van der Waals surface area contributed by atoms with Crippen molar-refractivity contribution >= 4 is 34.0 Å². The van der Waals surface area contributed by atoms with E-state index in [1.807, 2.05) is 12.1 Å². The van der Waals surface area contributed by atoms with E-state index in [9.17, 15) is 0 Å². The fraction of sp³-hybridized carbons (Fsp3) is 0.250. The van der Waals surface area contributed by atoms with Crippen LogP contribution in [0.1, 0.15) is 20.8 Å². The van der Waals surface area contributed by atoms with E-state index < -0.39 is 0 Å². The van der Waals surface area contributed by atoms with E-state index >= 15 is 0 Å². The standard InChI is InChI=1S/C16H19B3N3/c1-16(2,3)22-18-20(14-10-6-4-7-11-14)17-21(19-22)15-12-8-5-9-13-15/h4-13H,1-3H3. The molecule has 0 unspecified atom stereocenters. The quantitative estimate of drug-likeness (QED) is 0.786. The van der Waals surface area contributed by atoms with Gasteiger partial charge in [-0.25, -0.2) is 0 Å². The van der Waals surface area contributed by atoms with Crippen LogP contribution in [0.25, 0.3) is 0 Å². The van der Waals surface area contributed by atoms with Gasteiger partial charge in [0, 0.05) is 11.4 Å². The highest BCUT2D eigenvalue weighted by Gasteiger charge is 2.34. The van der Waals surface area contributed by atoms with E-state index in [1.54, 1.807) is 0 Å². The van der Waals surface area contributed by atoms with Crippen LogP contribution in [0.5, 0.6) is 0 Å². The molecular formula is C16H19B3N3. The highest BCUT2D eigenvalue weighted by Crippen LogP contribution is 2.23. The van der Waals surface area contributed by atoms with E-state index in [0.717, 1.165) is 11.4 Å². The van der Waals surface area contributed by atoms with E-state index in [2.05, 4.69) is 106 Å². The summed E-state index contributed by atoms with van der Waals surface area (Å²) >= 11 is 0. The van der Waals surface area contributed by atoms with Crippen LogP contribution in [0, 0.1) is 0 Å². The minimum absolute atomic E-state index is 0.00825. The molecule has 3 radical (unpaired) electrons. The van der Waals surface area contributed by atoms with Gasteiger partial charge in [0.1, 0.15) is 0 Å². The van der Waals surface area contributed by atoms with Gasteiger partial charge in [-0.2, -0.15) is 0 Å².